The van der Waals surface area contributed by atoms with Crippen LogP contribution >= 0.6 is 22.9 Å². The topological polar surface area (TPSA) is 71.3 Å². The van der Waals surface area contributed by atoms with Crippen molar-refractivity contribution in [1.82, 2.24) is 10.9 Å². The van der Waals surface area contributed by atoms with Crippen molar-refractivity contribution in [2.75, 3.05) is 0 Å². The summed E-state index contributed by atoms with van der Waals surface area (Å²) >= 11 is 7.51. The lowest BCUT2D eigenvalue weighted by Crippen LogP contribution is -2.41. The van der Waals surface area contributed by atoms with E-state index >= 15 is 0 Å². The van der Waals surface area contributed by atoms with Crippen LogP contribution in [-0.2, 0) is 0 Å². The van der Waals surface area contributed by atoms with E-state index < -0.39 is 11.8 Å². The Labute approximate surface area is 141 Å². The molecule has 0 aliphatic heterocycles. The molecule has 3 aromatic rings. The molecule has 1 aromatic carbocycles. The summed E-state index contributed by atoms with van der Waals surface area (Å²) in [6.45, 7) is 3.44. The number of carbonyl (C=O) groups is 2. The maximum absolute atomic E-state index is 12.2. The molecule has 0 saturated carbocycles. The van der Waals surface area contributed by atoms with Crippen LogP contribution in [0.2, 0.25) is 5.02 Å². The molecule has 0 aliphatic carbocycles. The standard InChI is InChI=1S/C16H13ClN2O3S/c1-8-7-11(9(2)22-8)15(20)18-19-16(21)14-13(17)10-5-3-4-6-12(10)23-14/h3-7H,1-2H3,(H,18,20)(H,19,21). The van der Waals surface area contributed by atoms with Crippen LogP contribution in [0.3, 0.4) is 0 Å². The normalized spacial score (nSPS) is 10.7. The molecule has 2 heterocycles. The molecule has 7 heteroatoms. The van der Waals surface area contributed by atoms with E-state index in [-0.39, 0.29) is 0 Å². The highest BCUT2D eigenvalue weighted by atomic mass is 35.5. The van der Waals surface area contributed by atoms with Crippen LogP contribution in [0.1, 0.15) is 31.6 Å². The third kappa shape index (κ3) is 2.95. The van der Waals surface area contributed by atoms with Gasteiger partial charge < -0.3 is 4.42 Å². The summed E-state index contributed by atoms with van der Waals surface area (Å²) in [4.78, 5) is 24.6. The summed E-state index contributed by atoms with van der Waals surface area (Å²) in [5.74, 6) is 0.230. The lowest BCUT2D eigenvalue weighted by atomic mass is 10.2. The van der Waals surface area contributed by atoms with Crippen molar-refractivity contribution in [1.29, 1.82) is 0 Å². The van der Waals surface area contributed by atoms with Gasteiger partial charge in [0.25, 0.3) is 11.8 Å². The van der Waals surface area contributed by atoms with Gasteiger partial charge in [0.15, 0.2) is 0 Å². The minimum Gasteiger partial charge on any atom is -0.466 e. The van der Waals surface area contributed by atoms with Crippen molar-refractivity contribution < 1.29 is 14.0 Å². The van der Waals surface area contributed by atoms with Crippen LogP contribution in [0.25, 0.3) is 10.1 Å². The Morgan fingerprint density at radius 1 is 1.13 bits per heavy atom. The van der Waals surface area contributed by atoms with E-state index in [0.29, 0.717) is 27.0 Å². The fraction of sp³-hybridized carbons (Fsp3) is 0.125. The predicted octanol–water partition coefficient (Wildman–Crippen LogP) is 3.84. The zero-order valence-electron chi connectivity index (χ0n) is 12.4. The Bertz CT molecular complexity index is 913. The molecule has 0 atom stereocenters. The summed E-state index contributed by atoms with van der Waals surface area (Å²) < 4.78 is 6.21. The maximum Gasteiger partial charge on any atom is 0.281 e. The highest BCUT2D eigenvalue weighted by Gasteiger charge is 2.19. The van der Waals surface area contributed by atoms with E-state index in [1.165, 1.54) is 11.3 Å². The summed E-state index contributed by atoms with van der Waals surface area (Å²) in [7, 11) is 0. The molecule has 23 heavy (non-hydrogen) atoms. The second-order valence-corrected chi connectivity index (χ2v) is 6.41. The molecule has 0 spiro atoms. The van der Waals surface area contributed by atoms with Crippen LogP contribution < -0.4 is 10.9 Å². The van der Waals surface area contributed by atoms with Gasteiger partial charge in [-0.1, -0.05) is 29.8 Å². The van der Waals surface area contributed by atoms with Crippen LogP contribution in [-0.4, -0.2) is 11.8 Å². The molecule has 0 unspecified atom stereocenters. The molecular formula is C16H13ClN2O3S. The highest BCUT2D eigenvalue weighted by Crippen LogP contribution is 2.34. The number of aryl methyl sites for hydroxylation is 2. The van der Waals surface area contributed by atoms with Crippen LogP contribution in [0.5, 0.6) is 0 Å². The third-order valence-electron chi connectivity index (χ3n) is 3.32. The molecule has 0 fully saturated rings. The first-order chi connectivity index (χ1) is 11.0. The van der Waals surface area contributed by atoms with Crippen molar-refractivity contribution >= 4 is 44.8 Å². The number of hydrazine groups is 1. The molecule has 0 aliphatic rings. The summed E-state index contributed by atoms with van der Waals surface area (Å²) in [6.07, 6.45) is 0. The van der Waals surface area contributed by atoms with Crippen LogP contribution in [0.15, 0.2) is 34.7 Å². The maximum atomic E-state index is 12.2. The van der Waals surface area contributed by atoms with Crippen molar-refractivity contribution in [3.8, 4) is 0 Å². The number of rotatable bonds is 2. The molecule has 5 nitrogen and oxygen atoms in total. The fourth-order valence-electron chi connectivity index (χ4n) is 2.25. The smallest absolute Gasteiger partial charge is 0.281 e. The molecule has 2 amide bonds. The number of nitrogens with one attached hydrogen (secondary N) is 2. The molecular weight excluding hydrogens is 336 g/mol. The van der Waals surface area contributed by atoms with Crippen LogP contribution in [0, 0.1) is 13.8 Å². The van der Waals surface area contributed by atoms with Crippen LogP contribution in [0.4, 0.5) is 0 Å². The van der Waals surface area contributed by atoms with E-state index in [9.17, 15) is 9.59 Å². The molecule has 0 bridgehead atoms. The Hall–Kier alpha value is -2.31. The molecule has 2 N–H and O–H groups in total. The number of furan rings is 1. The predicted molar refractivity (Wildman–Crippen MR) is 89.9 cm³/mol. The zero-order valence-corrected chi connectivity index (χ0v) is 14.0. The summed E-state index contributed by atoms with van der Waals surface area (Å²) in [5, 5.41) is 1.20. The number of halogens is 1. The minimum atomic E-state index is -0.456. The minimum absolute atomic E-state index is 0.355. The number of thiophene rings is 1. The van der Waals surface area contributed by atoms with Crippen molar-refractivity contribution in [3.05, 3.63) is 57.3 Å². The van der Waals surface area contributed by atoms with Gasteiger partial charge in [0, 0.05) is 10.1 Å². The molecule has 0 saturated heterocycles. The van der Waals surface area contributed by atoms with Gasteiger partial charge in [0.2, 0.25) is 0 Å². The van der Waals surface area contributed by atoms with E-state index in [1.807, 2.05) is 24.3 Å². The average molecular weight is 349 g/mol. The van der Waals surface area contributed by atoms with Gasteiger partial charge in [-0.25, -0.2) is 0 Å². The Morgan fingerprint density at radius 2 is 1.83 bits per heavy atom. The zero-order chi connectivity index (χ0) is 16.6. The average Bonchev–Trinajstić information content (AvgIpc) is 3.05. The number of amides is 2. The van der Waals surface area contributed by atoms with E-state index in [4.69, 9.17) is 16.0 Å². The SMILES string of the molecule is Cc1cc(C(=O)NNC(=O)c2sc3ccccc3c2Cl)c(C)o1. The Morgan fingerprint density at radius 3 is 2.48 bits per heavy atom. The van der Waals surface area contributed by atoms with Gasteiger partial charge in [-0.2, -0.15) is 0 Å². The van der Waals surface area contributed by atoms with Gasteiger partial charge in [-0.15, -0.1) is 11.3 Å². The largest absolute Gasteiger partial charge is 0.466 e. The summed E-state index contributed by atoms with van der Waals surface area (Å²) in [6, 6.07) is 9.08. The number of hydrogen-bond acceptors (Lipinski definition) is 4. The monoisotopic (exact) mass is 348 g/mol. The fourth-order valence-corrected chi connectivity index (χ4v) is 3.67. The first-order valence-electron chi connectivity index (χ1n) is 6.82. The molecule has 2 aromatic heterocycles. The van der Waals surface area contributed by atoms with E-state index in [2.05, 4.69) is 10.9 Å². The number of benzene rings is 1. The first kappa shape index (κ1) is 15.6. The number of carbonyl (C=O) groups excluding carboxylic acids is 2. The molecule has 3 rings (SSSR count). The van der Waals surface area contributed by atoms with Gasteiger partial charge in [0.05, 0.1) is 10.6 Å². The van der Waals surface area contributed by atoms with Crippen molar-refractivity contribution in [3.63, 3.8) is 0 Å². The van der Waals surface area contributed by atoms with E-state index in [1.54, 1.807) is 19.9 Å². The van der Waals surface area contributed by atoms with Gasteiger partial charge in [-0.05, 0) is 26.0 Å². The van der Waals surface area contributed by atoms with Crippen molar-refractivity contribution in [2.24, 2.45) is 0 Å². The van der Waals surface area contributed by atoms with E-state index in [0.717, 1.165) is 10.1 Å². The number of hydrogen-bond donors (Lipinski definition) is 2. The molecule has 0 radical (unpaired) electrons. The quantitative estimate of drug-likeness (QED) is 0.691. The lowest BCUT2D eigenvalue weighted by molar-refractivity contribution is 0.0848. The van der Waals surface area contributed by atoms with Gasteiger partial charge >= 0.3 is 0 Å². The summed E-state index contributed by atoms with van der Waals surface area (Å²) in [5.41, 5.74) is 5.13. The third-order valence-corrected chi connectivity index (χ3v) is 4.99. The second kappa shape index (κ2) is 6.06. The van der Waals surface area contributed by atoms with Gasteiger partial charge in [-0.3, -0.25) is 20.4 Å². The highest BCUT2D eigenvalue weighted by molar-refractivity contribution is 7.21. The first-order valence-corrected chi connectivity index (χ1v) is 8.01. The Kier molecular flexibility index (Phi) is 4.11. The molecule has 118 valence electrons. The second-order valence-electron chi connectivity index (χ2n) is 4.98. The van der Waals surface area contributed by atoms with Gasteiger partial charge in [0.1, 0.15) is 16.4 Å². The number of fused-ring (bicyclic) bond motifs is 1. The van der Waals surface area contributed by atoms with Crippen molar-refractivity contribution in [2.45, 2.75) is 13.8 Å². The lowest BCUT2D eigenvalue weighted by Gasteiger charge is -2.05. The Balaban J connectivity index is 1.75.